The van der Waals surface area contributed by atoms with Crippen molar-refractivity contribution in [3.63, 3.8) is 0 Å². The highest BCUT2D eigenvalue weighted by molar-refractivity contribution is 9.11. The van der Waals surface area contributed by atoms with Crippen molar-refractivity contribution in [2.24, 2.45) is 5.73 Å². The Morgan fingerprint density at radius 1 is 1.43 bits per heavy atom. The van der Waals surface area contributed by atoms with Gasteiger partial charge in [-0.2, -0.15) is 4.37 Å². The standard InChI is InChI=1S/C9H9BrN2S2/c10-9-2-1-8(13-9)7-5-6(3-4-11)14-12-7/h1-2,5H,3-4,11H2. The first-order valence-corrected chi connectivity index (χ1v) is 6.59. The summed E-state index contributed by atoms with van der Waals surface area (Å²) in [7, 11) is 0. The summed E-state index contributed by atoms with van der Waals surface area (Å²) in [6.45, 7) is 0.690. The summed E-state index contributed by atoms with van der Waals surface area (Å²) in [5.41, 5.74) is 6.55. The van der Waals surface area contributed by atoms with Crippen LogP contribution in [0.15, 0.2) is 22.0 Å². The molecule has 2 aromatic rings. The zero-order chi connectivity index (χ0) is 9.97. The first-order chi connectivity index (χ1) is 6.79. The number of halogens is 1. The lowest BCUT2D eigenvalue weighted by Gasteiger charge is -1.87. The molecule has 2 aromatic heterocycles. The lowest BCUT2D eigenvalue weighted by molar-refractivity contribution is 0.989. The van der Waals surface area contributed by atoms with Gasteiger partial charge >= 0.3 is 0 Å². The van der Waals surface area contributed by atoms with E-state index >= 15 is 0 Å². The third kappa shape index (κ3) is 2.23. The quantitative estimate of drug-likeness (QED) is 0.942. The Morgan fingerprint density at radius 3 is 2.93 bits per heavy atom. The molecular weight excluding hydrogens is 280 g/mol. The summed E-state index contributed by atoms with van der Waals surface area (Å²) in [4.78, 5) is 2.46. The Labute approximate surface area is 99.1 Å². The minimum Gasteiger partial charge on any atom is -0.330 e. The third-order valence-electron chi connectivity index (χ3n) is 1.78. The van der Waals surface area contributed by atoms with E-state index in [2.05, 4.69) is 32.4 Å². The third-order valence-corrected chi connectivity index (χ3v) is 4.27. The zero-order valence-corrected chi connectivity index (χ0v) is 10.6. The van der Waals surface area contributed by atoms with E-state index in [1.54, 1.807) is 11.3 Å². The van der Waals surface area contributed by atoms with Gasteiger partial charge in [0.1, 0.15) is 0 Å². The van der Waals surface area contributed by atoms with Gasteiger partial charge in [0.15, 0.2) is 0 Å². The molecule has 0 aliphatic rings. The van der Waals surface area contributed by atoms with E-state index in [4.69, 9.17) is 5.73 Å². The highest BCUT2D eigenvalue weighted by Crippen LogP contribution is 2.31. The maximum absolute atomic E-state index is 5.49. The van der Waals surface area contributed by atoms with Gasteiger partial charge in [0.25, 0.3) is 0 Å². The molecule has 0 atom stereocenters. The van der Waals surface area contributed by atoms with Crippen molar-refractivity contribution in [1.29, 1.82) is 0 Å². The van der Waals surface area contributed by atoms with Gasteiger partial charge in [0.2, 0.25) is 0 Å². The molecule has 0 saturated carbocycles. The van der Waals surface area contributed by atoms with Crippen LogP contribution in [0.5, 0.6) is 0 Å². The molecule has 2 rings (SSSR count). The topological polar surface area (TPSA) is 38.9 Å². The molecule has 74 valence electrons. The van der Waals surface area contributed by atoms with Crippen LogP contribution in [0.1, 0.15) is 4.88 Å². The summed E-state index contributed by atoms with van der Waals surface area (Å²) in [5.74, 6) is 0. The molecule has 0 aliphatic carbocycles. The average molecular weight is 289 g/mol. The largest absolute Gasteiger partial charge is 0.330 e. The Kier molecular flexibility index (Phi) is 3.33. The van der Waals surface area contributed by atoms with Gasteiger partial charge in [-0.15, -0.1) is 11.3 Å². The summed E-state index contributed by atoms with van der Waals surface area (Å²) >= 11 is 6.68. The number of hydrogen-bond donors (Lipinski definition) is 1. The molecule has 2 nitrogen and oxygen atoms in total. The molecule has 0 radical (unpaired) electrons. The van der Waals surface area contributed by atoms with Crippen molar-refractivity contribution in [2.75, 3.05) is 6.54 Å². The van der Waals surface area contributed by atoms with Crippen molar-refractivity contribution < 1.29 is 0 Å². The Bertz CT molecular complexity index is 422. The van der Waals surface area contributed by atoms with Crippen LogP contribution < -0.4 is 5.73 Å². The van der Waals surface area contributed by atoms with Crippen LogP contribution in [0.25, 0.3) is 10.6 Å². The lowest BCUT2D eigenvalue weighted by atomic mass is 10.3. The second-order valence-corrected chi connectivity index (χ2v) is 6.17. The van der Waals surface area contributed by atoms with Gasteiger partial charge < -0.3 is 5.73 Å². The van der Waals surface area contributed by atoms with Crippen molar-refractivity contribution in [3.8, 4) is 10.6 Å². The van der Waals surface area contributed by atoms with Gasteiger partial charge in [-0.25, -0.2) is 0 Å². The second kappa shape index (κ2) is 4.53. The molecule has 0 saturated heterocycles. The summed E-state index contributed by atoms with van der Waals surface area (Å²) < 4.78 is 5.53. The van der Waals surface area contributed by atoms with Crippen molar-refractivity contribution in [3.05, 3.63) is 26.9 Å². The fourth-order valence-electron chi connectivity index (χ4n) is 1.14. The van der Waals surface area contributed by atoms with Gasteiger partial charge in [-0.1, -0.05) is 0 Å². The minimum atomic E-state index is 0.690. The number of rotatable bonds is 3. The maximum atomic E-state index is 5.49. The average Bonchev–Trinajstić information content (AvgIpc) is 2.74. The molecule has 0 unspecified atom stereocenters. The fourth-order valence-corrected chi connectivity index (χ4v) is 3.29. The first kappa shape index (κ1) is 10.3. The fraction of sp³-hybridized carbons (Fsp3) is 0.222. The number of thiophene rings is 1. The summed E-state index contributed by atoms with van der Waals surface area (Å²) in [6.07, 6.45) is 0.921. The molecular formula is C9H9BrN2S2. The number of nitrogens with zero attached hydrogens (tertiary/aromatic N) is 1. The Hall–Kier alpha value is -0.230. The number of hydrogen-bond acceptors (Lipinski definition) is 4. The van der Waals surface area contributed by atoms with Crippen LogP contribution in [-0.2, 0) is 6.42 Å². The molecule has 0 bridgehead atoms. The number of aromatic nitrogens is 1. The molecule has 14 heavy (non-hydrogen) atoms. The monoisotopic (exact) mass is 288 g/mol. The molecule has 2 N–H and O–H groups in total. The normalized spacial score (nSPS) is 10.7. The van der Waals surface area contributed by atoms with Gasteiger partial charge in [0.05, 0.1) is 14.4 Å². The summed E-state index contributed by atoms with van der Waals surface area (Å²) in [5, 5.41) is 0. The van der Waals surface area contributed by atoms with E-state index in [1.807, 2.05) is 6.07 Å². The van der Waals surface area contributed by atoms with Crippen LogP contribution in [0.4, 0.5) is 0 Å². The minimum absolute atomic E-state index is 0.690. The molecule has 0 aliphatic heterocycles. The molecule has 0 spiro atoms. The van der Waals surface area contributed by atoms with E-state index in [9.17, 15) is 0 Å². The maximum Gasteiger partial charge on any atom is 0.0943 e. The van der Waals surface area contributed by atoms with Crippen molar-refractivity contribution in [2.45, 2.75) is 6.42 Å². The first-order valence-electron chi connectivity index (χ1n) is 4.21. The van der Waals surface area contributed by atoms with E-state index in [0.717, 1.165) is 15.9 Å². The molecule has 0 aromatic carbocycles. The van der Waals surface area contributed by atoms with Crippen LogP contribution in [0, 0.1) is 0 Å². The Balaban J connectivity index is 2.24. The predicted octanol–water partition coefficient (Wildman–Crippen LogP) is 3.14. The van der Waals surface area contributed by atoms with Crippen molar-refractivity contribution >= 4 is 38.8 Å². The Morgan fingerprint density at radius 2 is 2.29 bits per heavy atom. The van der Waals surface area contributed by atoms with E-state index in [1.165, 1.54) is 21.3 Å². The highest BCUT2D eigenvalue weighted by atomic mass is 79.9. The van der Waals surface area contributed by atoms with Crippen LogP contribution in [0.3, 0.4) is 0 Å². The van der Waals surface area contributed by atoms with E-state index in [0.29, 0.717) is 6.54 Å². The zero-order valence-electron chi connectivity index (χ0n) is 7.37. The van der Waals surface area contributed by atoms with Gasteiger partial charge in [0, 0.05) is 4.88 Å². The molecule has 2 heterocycles. The van der Waals surface area contributed by atoms with Crippen molar-refractivity contribution in [1.82, 2.24) is 4.37 Å². The molecule has 0 fully saturated rings. The smallest absolute Gasteiger partial charge is 0.0943 e. The molecule has 0 amide bonds. The SMILES string of the molecule is NCCc1cc(-c2ccc(Br)s2)ns1. The molecule has 5 heteroatoms. The predicted molar refractivity (Wildman–Crippen MR) is 65.9 cm³/mol. The van der Waals surface area contributed by atoms with Gasteiger partial charge in [-0.05, 0) is 58.6 Å². The number of nitrogens with two attached hydrogens (primary N) is 1. The van der Waals surface area contributed by atoms with E-state index < -0.39 is 0 Å². The van der Waals surface area contributed by atoms with Gasteiger partial charge in [-0.3, -0.25) is 0 Å². The second-order valence-electron chi connectivity index (χ2n) is 2.82. The highest BCUT2D eigenvalue weighted by Gasteiger charge is 2.06. The lowest BCUT2D eigenvalue weighted by Crippen LogP contribution is -2.00. The van der Waals surface area contributed by atoms with Crippen LogP contribution in [-0.4, -0.2) is 10.9 Å². The van der Waals surface area contributed by atoms with Crippen LogP contribution >= 0.6 is 38.8 Å². The van der Waals surface area contributed by atoms with Crippen LogP contribution in [0.2, 0.25) is 0 Å². The van der Waals surface area contributed by atoms with E-state index in [-0.39, 0.29) is 0 Å². The summed E-state index contributed by atoms with van der Waals surface area (Å²) in [6, 6.07) is 6.24.